The van der Waals surface area contributed by atoms with Gasteiger partial charge in [0, 0.05) is 37.5 Å². The third-order valence-corrected chi connectivity index (χ3v) is 2.94. The third kappa shape index (κ3) is 2.90. The molecule has 18 heavy (non-hydrogen) atoms. The topological polar surface area (TPSA) is 39.1 Å². The Morgan fingerprint density at radius 2 is 1.94 bits per heavy atom. The summed E-state index contributed by atoms with van der Waals surface area (Å²) in [5.74, 6) is 0.924. The van der Waals surface area contributed by atoms with Crippen LogP contribution in [-0.2, 0) is 20.1 Å². The summed E-state index contributed by atoms with van der Waals surface area (Å²) in [5, 5.41) is 7.74. The van der Waals surface area contributed by atoms with Crippen molar-refractivity contribution in [2.24, 2.45) is 7.05 Å². The summed E-state index contributed by atoms with van der Waals surface area (Å²) in [5.41, 5.74) is 3.47. The van der Waals surface area contributed by atoms with Crippen LogP contribution in [-0.4, -0.2) is 16.9 Å². The monoisotopic (exact) mass is 245 g/mol. The molecule has 1 aromatic heterocycles. The van der Waals surface area contributed by atoms with Crippen LogP contribution < -0.4 is 10.1 Å². The van der Waals surface area contributed by atoms with E-state index in [1.165, 1.54) is 11.1 Å². The number of ether oxygens (including phenoxy) is 1. The lowest BCUT2D eigenvalue weighted by atomic mass is 10.2. The first-order valence-corrected chi connectivity index (χ1v) is 6.02. The van der Waals surface area contributed by atoms with Crippen molar-refractivity contribution in [1.82, 2.24) is 15.1 Å². The molecule has 0 aliphatic carbocycles. The van der Waals surface area contributed by atoms with Gasteiger partial charge in [-0.3, -0.25) is 4.68 Å². The zero-order valence-electron chi connectivity index (χ0n) is 11.1. The van der Waals surface area contributed by atoms with Crippen LogP contribution in [0.2, 0.25) is 0 Å². The van der Waals surface area contributed by atoms with Crippen molar-refractivity contribution < 1.29 is 4.74 Å². The lowest BCUT2D eigenvalue weighted by Gasteiger charge is -2.08. The fourth-order valence-electron chi connectivity index (χ4n) is 2.00. The molecule has 1 heterocycles. The molecule has 0 radical (unpaired) electrons. The van der Waals surface area contributed by atoms with E-state index in [-0.39, 0.29) is 0 Å². The van der Waals surface area contributed by atoms with E-state index >= 15 is 0 Å². The summed E-state index contributed by atoms with van der Waals surface area (Å²) in [6.45, 7) is 3.64. The first-order valence-electron chi connectivity index (χ1n) is 6.02. The Kier molecular flexibility index (Phi) is 3.99. The number of nitrogens with one attached hydrogen (secondary N) is 1. The molecular formula is C14H19N3O. The van der Waals surface area contributed by atoms with E-state index in [1.54, 1.807) is 7.11 Å². The Bertz CT molecular complexity index is 520. The van der Waals surface area contributed by atoms with Crippen molar-refractivity contribution >= 4 is 0 Å². The van der Waals surface area contributed by atoms with Crippen molar-refractivity contribution in [3.8, 4) is 5.75 Å². The summed E-state index contributed by atoms with van der Waals surface area (Å²) in [7, 11) is 3.64. The first kappa shape index (κ1) is 12.6. The van der Waals surface area contributed by atoms with Gasteiger partial charge in [0.2, 0.25) is 0 Å². The summed E-state index contributed by atoms with van der Waals surface area (Å²) in [4.78, 5) is 0. The predicted molar refractivity (Wildman–Crippen MR) is 71.5 cm³/mol. The first-order chi connectivity index (χ1) is 8.70. The fourth-order valence-corrected chi connectivity index (χ4v) is 2.00. The van der Waals surface area contributed by atoms with Crippen LogP contribution >= 0.6 is 0 Å². The molecule has 4 heteroatoms. The standard InChI is InChI=1S/C14H19N3O/c1-11-13(10-17(2)16-11)9-15-8-12-6-4-5-7-14(12)18-3/h4-7,10,15H,8-9H2,1-3H3. The Morgan fingerprint density at radius 3 is 2.61 bits per heavy atom. The lowest BCUT2D eigenvalue weighted by molar-refractivity contribution is 0.407. The second-order valence-corrected chi connectivity index (χ2v) is 4.33. The largest absolute Gasteiger partial charge is 0.496 e. The van der Waals surface area contributed by atoms with Gasteiger partial charge in [0.15, 0.2) is 0 Å². The van der Waals surface area contributed by atoms with E-state index in [0.29, 0.717) is 0 Å². The number of para-hydroxylation sites is 1. The molecule has 0 atom stereocenters. The van der Waals surface area contributed by atoms with Crippen molar-refractivity contribution in [3.05, 3.63) is 47.3 Å². The molecule has 0 fully saturated rings. The van der Waals surface area contributed by atoms with E-state index in [9.17, 15) is 0 Å². The minimum Gasteiger partial charge on any atom is -0.496 e. The molecule has 0 unspecified atom stereocenters. The highest BCUT2D eigenvalue weighted by atomic mass is 16.5. The highest BCUT2D eigenvalue weighted by Crippen LogP contribution is 2.17. The maximum absolute atomic E-state index is 5.32. The molecule has 2 rings (SSSR count). The molecule has 96 valence electrons. The van der Waals surface area contributed by atoms with Gasteiger partial charge in [-0.2, -0.15) is 5.10 Å². The maximum Gasteiger partial charge on any atom is 0.123 e. The highest BCUT2D eigenvalue weighted by molar-refractivity contribution is 5.33. The van der Waals surface area contributed by atoms with Crippen LogP contribution in [0.15, 0.2) is 30.5 Å². The zero-order valence-corrected chi connectivity index (χ0v) is 11.1. The average Bonchev–Trinajstić information content (AvgIpc) is 2.68. The number of benzene rings is 1. The zero-order chi connectivity index (χ0) is 13.0. The smallest absolute Gasteiger partial charge is 0.123 e. The van der Waals surface area contributed by atoms with Crippen molar-refractivity contribution in [2.75, 3.05) is 7.11 Å². The Balaban J connectivity index is 1.94. The third-order valence-electron chi connectivity index (χ3n) is 2.94. The number of aromatic nitrogens is 2. The average molecular weight is 245 g/mol. The van der Waals surface area contributed by atoms with Crippen LogP contribution in [0.3, 0.4) is 0 Å². The van der Waals surface area contributed by atoms with Gasteiger partial charge >= 0.3 is 0 Å². The second-order valence-electron chi connectivity index (χ2n) is 4.33. The van der Waals surface area contributed by atoms with Gasteiger partial charge < -0.3 is 10.1 Å². The second kappa shape index (κ2) is 5.69. The molecule has 0 bridgehead atoms. The van der Waals surface area contributed by atoms with Gasteiger partial charge in [0.25, 0.3) is 0 Å². The SMILES string of the molecule is COc1ccccc1CNCc1cn(C)nc1C. The van der Waals surface area contributed by atoms with E-state index in [2.05, 4.69) is 16.5 Å². The van der Waals surface area contributed by atoms with Gasteiger partial charge in [-0.05, 0) is 13.0 Å². The van der Waals surface area contributed by atoms with Crippen LogP contribution in [0.4, 0.5) is 0 Å². The molecule has 0 spiro atoms. The number of methoxy groups -OCH3 is 1. The van der Waals surface area contributed by atoms with Crippen LogP contribution in [0.25, 0.3) is 0 Å². The molecule has 0 saturated heterocycles. The summed E-state index contributed by atoms with van der Waals surface area (Å²) < 4.78 is 7.16. The molecule has 0 aliphatic rings. The van der Waals surface area contributed by atoms with Crippen molar-refractivity contribution in [1.29, 1.82) is 0 Å². The number of nitrogens with zero attached hydrogens (tertiary/aromatic N) is 2. The number of hydrogen-bond acceptors (Lipinski definition) is 3. The number of hydrogen-bond donors (Lipinski definition) is 1. The Morgan fingerprint density at radius 1 is 1.22 bits per heavy atom. The molecule has 0 saturated carbocycles. The summed E-state index contributed by atoms with van der Waals surface area (Å²) >= 11 is 0. The molecule has 2 aromatic rings. The molecular weight excluding hydrogens is 226 g/mol. The fraction of sp³-hybridized carbons (Fsp3) is 0.357. The minimum atomic E-state index is 0.790. The maximum atomic E-state index is 5.32. The number of rotatable bonds is 5. The quantitative estimate of drug-likeness (QED) is 0.876. The highest BCUT2D eigenvalue weighted by Gasteiger charge is 2.04. The summed E-state index contributed by atoms with van der Waals surface area (Å²) in [6, 6.07) is 8.05. The Hall–Kier alpha value is -1.81. The van der Waals surface area contributed by atoms with E-state index < -0.39 is 0 Å². The molecule has 4 nitrogen and oxygen atoms in total. The molecule has 0 aliphatic heterocycles. The normalized spacial score (nSPS) is 10.6. The van der Waals surface area contributed by atoms with E-state index in [1.807, 2.05) is 43.0 Å². The lowest BCUT2D eigenvalue weighted by Crippen LogP contribution is -2.13. The molecule has 0 amide bonds. The van der Waals surface area contributed by atoms with Gasteiger partial charge in [0.05, 0.1) is 12.8 Å². The van der Waals surface area contributed by atoms with Gasteiger partial charge in [-0.15, -0.1) is 0 Å². The van der Waals surface area contributed by atoms with E-state index in [4.69, 9.17) is 4.74 Å². The van der Waals surface area contributed by atoms with Gasteiger partial charge in [0.1, 0.15) is 5.75 Å². The molecule has 1 aromatic carbocycles. The van der Waals surface area contributed by atoms with E-state index in [0.717, 1.165) is 24.5 Å². The van der Waals surface area contributed by atoms with Crippen molar-refractivity contribution in [3.63, 3.8) is 0 Å². The predicted octanol–water partition coefficient (Wildman–Crippen LogP) is 2.03. The molecule has 1 N–H and O–H groups in total. The van der Waals surface area contributed by atoms with Crippen LogP contribution in [0.5, 0.6) is 5.75 Å². The van der Waals surface area contributed by atoms with Crippen LogP contribution in [0, 0.1) is 6.92 Å². The minimum absolute atomic E-state index is 0.790. The van der Waals surface area contributed by atoms with Crippen LogP contribution in [0.1, 0.15) is 16.8 Å². The summed E-state index contributed by atoms with van der Waals surface area (Å²) in [6.07, 6.45) is 2.05. The van der Waals surface area contributed by atoms with Gasteiger partial charge in [-0.1, -0.05) is 18.2 Å². The van der Waals surface area contributed by atoms with Gasteiger partial charge in [-0.25, -0.2) is 0 Å². The Labute approximate surface area is 108 Å². The van der Waals surface area contributed by atoms with Crippen molar-refractivity contribution in [2.45, 2.75) is 20.0 Å². The number of aryl methyl sites for hydroxylation is 2.